The van der Waals surface area contributed by atoms with E-state index in [0.29, 0.717) is 32.5 Å². The van der Waals surface area contributed by atoms with Crippen molar-refractivity contribution in [2.75, 3.05) is 31.5 Å². The number of hydrogen-bond donors (Lipinski definition) is 1. The number of carbonyl (C=O) groups excluding carboxylic acids is 3. The summed E-state index contributed by atoms with van der Waals surface area (Å²) in [5.74, 6) is -0.612. The first-order valence-electron chi connectivity index (χ1n) is 13.2. The van der Waals surface area contributed by atoms with Gasteiger partial charge in [0.2, 0.25) is 11.8 Å². The van der Waals surface area contributed by atoms with Gasteiger partial charge in [-0.3, -0.25) is 9.59 Å². The van der Waals surface area contributed by atoms with E-state index in [4.69, 9.17) is 0 Å². The maximum atomic E-state index is 13.2. The molecule has 1 N–H and O–H groups in total. The minimum absolute atomic E-state index is 0.00571. The fourth-order valence-corrected chi connectivity index (χ4v) is 7.00. The monoisotopic (exact) mass is 560 g/mol. The molecule has 2 saturated heterocycles. The molecule has 11 heteroatoms. The van der Waals surface area contributed by atoms with Crippen LogP contribution in [0.25, 0.3) is 0 Å². The van der Waals surface area contributed by atoms with Crippen LogP contribution in [-0.4, -0.2) is 76.2 Å². The molecule has 0 spiro atoms. The van der Waals surface area contributed by atoms with E-state index in [1.165, 1.54) is 16.7 Å². The van der Waals surface area contributed by atoms with Crippen LogP contribution in [0, 0.1) is 0 Å². The maximum absolute atomic E-state index is 13.2. The van der Waals surface area contributed by atoms with Gasteiger partial charge in [0.1, 0.15) is 5.37 Å². The standard InChI is InChI=1S/C28H31F3N4O3S/c29-28(30,31)13-17-35-25(37)23(39-26(35)20-7-2-1-3-8-20)18-24(36)33-14-11-21(12-15-33)34-16-10-19-6-4-5-9-22(19)32-27(34)38/h1-9,21,23,26H,10-18H2,(H,32,38). The third kappa shape index (κ3) is 6.34. The normalized spacial score (nSPS) is 22.5. The number of urea groups is 1. The number of anilines is 1. The molecule has 2 aromatic rings. The number of carbonyl (C=O) groups is 3. The Morgan fingerprint density at radius 2 is 1.67 bits per heavy atom. The van der Waals surface area contributed by atoms with E-state index in [0.717, 1.165) is 23.2 Å². The summed E-state index contributed by atoms with van der Waals surface area (Å²) in [7, 11) is 0. The molecule has 2 atom stereocenters. The fraction of sp³-hybridized carbons (Fsp3) is 0.464. The van der Waals surface area contributed by atoms with Crippen LogP contribution < -0.4 is 5.32 Å². The van der Waals surface area contributed by atoms with Gasteiger partial charge in [-0.2, -0.15) is 13.2 Å². The zero-order valence-corrected chi connectivity index (χ0v) is 22.2. The van der Waals surface area contributed by atoms with E-state index in [9.17, 15) is 27.6 Å². The van der Waals surface area contributed by atoms with Crippen molar-refractivity contribution in [1.29, 1.82) is 0 Å². The third-order valence-electron chi connectivity index (χ3n) is 7.62. The van der Waals surface area contributed by atoms with Crippen LogP contribution in [0.4, 0.5) is 23.7 Å². The van der Waals surface area contributed by atoms with Crippen LogP contribution >= 0.6 is 11.8 Å². The van der Waals surface area contributed by atoms with Gasteiger partial charge in [0.05, 0.1) is 11.7 Å². The lowest BCUT2D eigenvalue weighted by atomic mass is 10.0. The van der Waals surface area contributed by atoms with Gasteiger partial charge in [-0.25, -0.2) is 4.79 Å². The Morgan fingerprint density at radius 1 is 0.974 bits per heavy atom. The van der Waals surface area contributed by atoms with Crippen molar-refractivity contribution in [3.05, 3.63) is 65.7 Å². The summed E-state index contributed by atoms with van der Waals surface area (Å²) in [6, 6.07) is 16.6. The molecule has 2 fully saturated rings. The number of para-hydroxylation sites is 1. The molecule has 0 radical (unpaired) electrons. The summed E-state index contributed by atoms with van der Waals surface area (Å²) in [6.07, 6.45) is -3.51. The smallest absolute Gasteiger partial charge is 0.342 e. The van der Waals surface area contributed by atoms with Crippen molar-refractivity contribution >= 4 is 35.3 Å². The number of benzene rings is 2. The first kappa shape index (κ1) is 27.4. The zero-order valence-electron chi connectivity index (χ0n) is 21.4. The predicted octanol–water partition coefficient (Wildman–Crippen LogP) is 5.05. The van der Waals surface area contributed by atoms with Gasteiger partial charge in [-0.05, 0) is 36.5 Å². The number of nitrogens with zero attached hydrogens (tertiary/aromatic N) is 3. The minimum atomic E-state index is -4.38. The highest BCUT2D eigenvalue weighted by atomic mass is 32.2. The lowest BCUT2D eigenvalue weighted by Gasteiger charge is -2.38. The van der Waals surface area contributed by atoms with E-state index >= 15 is 0 Å². The molecule has 0 bridgehead atoms. The molecule has 39 heavy (non-hydrogen) atoms. The first-order valence-corrected chi connectivity index (χ1v) is 14.1. The number of nitrogens with one attached hydrogen (secondary N) is 1. The van der Waals surface area contributed by atoms with Crippen molar-refractivity contribution in [2.45, 2.75) is 54.9 Å². The maximum Gasteiger partial charge on any atom is 0.390 e. The summed E-state index contributed by atoms with van der Waals surface area (Å²) >= 11 is 1.24. The lowest BCUT2D eigenvalue weighted by molar-refractivity contribution is -0.146. The second-order valence-electron chi connectivity index (χ2n) is 10.1. The van der Waals surface area contributed by atoms with E-state index in [1.807, 2.05) is 35.2 Å². The summed E-state index contributed by atoms with van der Waals surface area (Å²) in [4.78, 5) is 44.0. The Morgan fingerprint density at radius 3 is 2.38 bits per heavy atom. The van der Waals surface area contributed by atoms with E-state index in [2.05, 4.69) is 5.32 Å². The largest absolute Gasteiger partial charge is 0.390 e. The molecule has 7 nitrogen and oxygen atoms in total. The second-order valence-corrected chi connectivity index (χ2v) is 11.4. The molecule has 2 aromatic carbocycles. The molecule has 0 aromatic heterocycles. The number of hydrogen-bond acceptors (Lipinski definition) is 4. The van der Waals surface area contributed by atoms with Crippen LogP contribution in [0.2, 0.25) is 0 Å². The summed E-state index contributed by atoms with van der Waals surface area (Å²) in [5, 5.41) is 1.70. The van der Waals surface area contributed by atoms with Crippen molar-refractivity contribution in [1.82, 2.24) is 14.7 Å². The summed E-state index contributed by atoms with van der Waals surface area (Å²) in [5.41, 5.74) is 2.67. The molecule has 3 heterocycles. The van der Waals surface area contributed by atoms with Gasteiger partial charge in [0, 0.05) is 44.3 Å². The third-order valence-corrected chi connectivity index (χ3v) is 9.10. The fourth-order valence-electron chi connectivity index (χ4n) is 5.53. The minimum Gasteiger partial charge on any atom is -0.342 e. The van der Waals surface area contributed by atoms with Crippen molar-refractivity contribution in [2.24, 2.45) is 0 Å². The molecule has 3 aliphatic rings. The molecule has 3 aliphatic heterocycles. The number of likely N-dealkylation sites (tertiary alicyclic amines) is 1. The summed E-state index contributed by atoms with van der Waals surface area (Å²) in [6.45, 7) is 1.09. The van der Waals surface area contributed by atoms with Gasteiger partial charge in [0.25, 0.3) is 0 Å². The van der Waals surface area contributed by atoms with E-state index in [1.54, 1.807) is 29.2 Å². The SMILES string of the molecule is O=C(CC1SC(c2ccccc2)N(CCC(F)(F)F)C1=O)N1CCC(N2CCc3ccccc3NC2=O)CC1. The molecule has 4 amide bonds. The molecular weight excluding hydrogens is 529 g/mol. The van der Waals surface area contributed by atoms with Gasteiger partial charge < -0.3 is 20.0 Å². The number of halogens is 3. The van der Waals surface area contributed by atoms with E-state index in [-0.39, 0.29) is 24.4 Å². The van der Waals surface area contributed by atoms with Crippen LogP contribution in [0.3, 0.4) is 0 Å². The Bertz CT molecular complexity index is 1200. The van der Waals surface area contributed by atoms with Gasteiger partial charge in [-0.15, -0.1) is 11.8 Å². The van der Waals surface area contributed by atoms with Gasteiger partial charge in [0.15, 0.2) is 0 Å². The Balaban J connectivity index is 1.18. The number of fused-ring (bicyclic) bond motifs is 1. The average molecular weight is 561 g/mol. The van der Waals surface area contributed by atoms with Crippen molar-refractivity contribution in [3.8, 4) is 0 Å². The Labute approximate surface area is 229 Å². The number of amides is 4. The van der Waals surface area contributed by atoms with Crippen molar-refractivity contribution in [3.63, 3.8) is 0 Å². The van der Waals surface area contributed by atoms with Crippen molar-refractivity contribution < 1.29 is 27.6 Å². The topological polar surface area (TPSA) is 73.0 Å². The summed E-state index contributed by atoms with van der Waals surface area (Å²) < 4.78 is 38.9. The molecular formula is C28H31F3N4O3S. The highest BCUT2D eigenvalue weighted by Gasteiger charge is 2.44. The highest BCUT2D eigenvalue weighted by Crippen LogP contribution is 2.45. The number of thioether (sulfide) groups is 1. The van der Waals surface area contributed by atoms with Crippen LogP contribution in [0.1, 0.15) is 42.2 Å². The zero-order chi connectivity index (χ0) is 27.6. The number of alkyl halides is 3. The van der Waals surface area contributed by atoms with Crippen LogP contribution in [0.15, 0.2) is 54.6 Å². The highest BCUT2D eigenvalue weighted by molar-refractivity contribution is 8.01. The molecule has 0 aliphatic carbocycles. The lowest BCUT2D eigenvalue weighted by Crippen LogP contribution is -2.50. The molecule has 208 valence electrons. The molecule has 0 saturated carbocycles. The molecule has 5 rings (SSSR count). The predicted molar refractivity (Wildman–Crippen MR) is 143 cm³/mol. The Hall–Kier alpha value is -3.21. The first-order chi connectivity index (χ1) is 18.7. The van der Waals surface area contributed by atoms with E-state index < -0.39 is 35.7 Å². The van der Waals surface area contributed by atoms with Gasteiger partial charge in [-0.1, -0.05) is 48.5 Å². The second kappa shape index (κ2) is 11.5. The molecule has 2 unspecified atom stereocenters. The number of piperidine rings is 1. The quantitative estimate of drug-likeness (QED) is 0.537. The Kier molecular flexibility index (Phi) is 8.06. The van der Waals surface area contributed by atoms with Crippen LogP contribution in [-0.2, 0) is 16.0 Å². The average Bonchev–Trinajstić information content (AvgIpc) is 3.12. The van der Waals surface area contributed by atoms with Crippen LogP contribution in [0.5, 0.6) is 0 Å². The van der Waals surface area contributed by atoms with Gasteiger partial charge >= 0.3 is 12.2 Å². The number of rotatable bonds is 6.